The number of alkyl halides is 3. The van der Waals surface area contributed by atoms with Crippen LogP contribution in [0.25, 0.3) is 11.3 Å². The van der Waals surface area contributed by atoms with Crippen LogP contribution in [0.2, 0.25) is 10.0 Å². The number of hydrogen-bond donors (Lipinski definition) is 0. The molecule has 3 aromatic rings. The number of benzene rings is 1. The van der Waals surface area contributed by atoms with Crippen molar-refractivity contribution in [2.75, 3.05) is 0 Å². The molecular formula is C19H15Cl2F3N2O2. The fourth-order valence-corrected chi connectivity index (χ4v) is 3.21. The molecule has 0 saturated heterocycles. The fourth-order valence-electron chi connectivity index (χ4n) is 2.63. The van der Waals surface area contributed by atoms with Crippen LogP contribution in [0.3, 0.4) is 0 Å². The van der Waals surface area contributed by atoms with Crippen LogP contribution in [-0.2, 0) is 12.8 Å². The van der Waals surface area contributed by atoms with Crippen molar-refractivity contribution < 1.29 is 22.4 Å². The number of hydrogen-bond acceptors (Lipinski definition) is 4. The summed E-state index contributed by atoms with van der Waals surface area (Å²) >= 11 is 12.5. The minimum absolute atomic E-state index is 0.0458. The predicted molar refractivity (Wildman–Crippen MR) is 99.6 cm³/mol. The molecule has 0 unspecified atom stereocenters. The molecule has 3 rings (SSSR count). The van der Waals surface area contributed by atoms with Crippen LogP contribution in [0, 0.1) is 0 Å². The second-order valence-electron chi connectivity index (χ2n) is 6.27. The molecule has 0 fully saturated rings. The first-order chi connectivity index (χ1) is 13.2. The number of aromatic nitrogens is 2. The van der Waals surface area contributed by atoms with Crippen molar-refractivity contribution in [1.29, 1.82) is 0 Å². The van der Waals surface area contributed by atoms with Gasteiger partial charge < -0.3 is 9.26 Å². The molecule has 0 aliphatic rings. The number of pyridine rings is 1. The third-order valence-corrected chi connectivity index (χ3v) is 4.55. The molecule has 0 spiro atoms. The van der Waals surface area contributed by atoms with Crippen molar-refractivity contribution in [3.63, 3.8) is 0 Å². The van der Waals surface area contributed by atoms with Crippen LogP contribution >= 0.6 is 23.2 Å². The third kappa shape index (κ3) is 4.25. The van der Waals surface area contributed by atoms with Gasteiger partial charge in [0.2, 0.25) is 5.88 Å². The van der Waals surface area contributed by atoms with Gasteiger partial charge in [-0.3, -0.25) is 0 Å². The van der Waals surface area contributed by atoms with E-state index in [-0.39, 0.29) is 18.4 Å². The molecule has 0 aliphatic heterocycles. The first-order valence-corrected chi connectivity index (χ1v) is 9.04. The van der Waals surface area contributed by atoms with Crippen LogP contribution in [0.15, 0.2) is 40.9 Å². The molecular weight excluding hydrogens is 416 g/mol. The molecule has 1 aromatic carbocycles. The minimum Gasteiger partial charge on any atom is -0.473 e. The second-order valence-corrected chi connectivity index (χ2v) is 7.09. The van der Waals surface area contributed by atoms with Crippen LogP contribution in [-0.4, -0.2) is 10.1 Å². The van der Waals surface area contributed by atoms with Gasteiger partial charge in [0, 0.05) is 17.5 Å². The molecule has 9 heteroatoms. The molecule has 0 saturated carbocycles. The van der Waals surface area contributed by atoms with Crippen LogP contribution < -0.4 is 4.74 Å². The molecule has 4 nitrogen and oxygen atoms in total. The summed E-state index contributed by atoms with van der Waals surface area (Å²) in [5.74, 6) is 0.315. The monoisotopic (exact) mass is 430 g/mol. The molecule has 2 heterocycles. The Bertz CT molecular complexity index is 967. The van der Waals surface area contributed by atoms with E-state index in [9.17, 15) is 13.2 Å². The molecule has 148 valence electrons. The maximum atomic E-state index is 12.9. The normalized spacial score (nSPS) is 11.9. The summed E-state index contributed by atoms with van der Waals surface area (Å²) in [4.78, 5) is 3.51. The molecule has 0 radical (unpaired) electrons. The van der Waals surface area contributed by atoms with Gasteiger partial charge in [-0.15, -0.1) is 0 Å². The number of nitrogens with zero attached hydrogens (tertiary/aromatic N) is 2. The Labute approximate surface area is 169 Å². The highest BCUT2D eigenvalue weighted by molar-refractivity contribution is 6.39. The molecule has 28 heavy (non-hydrogen) atoms. The van der Waals surface area contributed by atoms with Gasteiger partial charge in [0.25, 0.3) is 0 Å². The topological polar surface area (TPSA) is 48.2 Å². The largest absolute Gasteiger partial charge is 0.473 e. The van der Waals surface area contributed by atoms with Gasteiger partial charge in [-0.2, -0.15) is 13.2 Å². The molecule has 0 aliphatic carbocycles. The van der Waals surface area contributed by atoms with E-state index in [0.717, 1.165) is 6.07 Å². The SMILES string of the molecule is CC(C)c1onc(-c2c(Cl)cccc2Cl)c1COc1cccc(C(F)(F)F)n1. The summed E-state index contributed by atoms with van der Waals surface area (Å²) in [5, 5.41) is 4.81. The Hall–Kier alpha value is -2.25. The van der Waals surface area contributed by atoms with Crippen LogP contribution in [0.5, 0.6) is 5.88 Å². The summed E-state index contributed by atoms with van der Waals surface area (Å²) < 4.78 is 49.5. The van der Waals surface area contributed by atoms with Gasteiger partial charge >= 0.3 is 6.18 Å². The Morgan fingerprint density at radius 3 is 2.32 bits per heavy atom. The lowest BCUT2D eigenvalue weighted by Gasteiger charge is -2.11. The zero-order valence-corrected chi connectivity index (χ0v) is 16.4. The third-order valence-electron chi connectivity index (χ3n) is 3.92. The highest BCUT2D eigenvalue weighted by Crippen LogP contribution is 2.38. The Morgan fingerprint density at radius 1 is 1.07 bits per heavy atom. The van der Waals surface area contributed by atoms with Gasteiger partial charge in [0.05, 0.1) is 15.6 Å². The summed E-state index contributed by atoms with van der Waals surface area (Å²) in [5.41, 5.74) is 0.362. The van der Waals surface area contributed by atoms with Crippen molar-refractivity contribution in [3.05, 3.63) is 63.5 Å². The van der Waals surface area contributed by atoms with Crippen molar-refractivity contribution in [3.8, 4) is 17.1 Å². The standard InChI is InChI=1S/C19H15Cl2F3N2O2/c1-10(2)18-11(9-27-15-8-4-7-14(25-15)19(22,23)24)17(26-28-18)16-12(20)5-3-6-13(16)21/h3-8,10H,9H2,1-2H3. The van der Waals surface area contributed by atoms with Gasteiger partial charge in [0.1, 0.15) is 23.8 Å². The van der Waals surface area contributed by atoms with E-state index in [4.69, 9.17) is 32.5 Å². The Morgan fingerprint density at radius 2 is 1.71 bits per heavy atom. The van der Waals surface area contributed by atoms with E-state index in [0.29, 0.717) is 32.6 Å². The highest BCUT2D eigenvalue weighted by Gasteiger charge is 2.32. The van der Waals surface area contributed by atoms with Crippen LogP contribution in [0.1, 0.15) is 36.8 Å². The summed E-state index contributed by atoms with van der Waals surface area (Å²) in [6, 6.07) is 8.46. The van der Waals surface area contributed by atoms with Crippen molar-refractivity contribution in [2.45, 2.75) is 32.5 Å². The van der Waals surface area contributed by atoms with E-state index in [1.54, 1.807) is 18.2 Å². The molecule has 0 amide bonds. The van der Waals surface area contributed by atoms with Gasteiger partial charge in [-0.1, -0.05) is 54.3 Å². The molecule has 0 atom stereocenters. The Kier molecular flexibility index (Phi) is 5.86. The zero-order chi connectivity index (χ0) is 20.5. The smallest absolute Gasteiger partial charge is 0.433 e. The minimum atomic E-state index is -4.56. The summed E-state index contributed by atoms with van der Waals surface area (Å²) in [6.07, 6.45) is -4.56. The van der Waals surface area contributed by atoms with Crippen molar-refractivity contribution in [2.24, 2.45) is 0 Å². The summed E-state index contributed by atoms with van der Waals surface area (Å²) in [7, 11) is 0. The van der Waals surface area contributed by atoms with E-state index in [1.807, 2.05) is 13.8 Å². The van der Waals surface area contributed by atoms with Gasteiger partial charge in [0.15, 0.2) is 0 Å². The Balaban J connectivity index is 1.97. The van der Waals surface area contributed by atoms with E-state index < -0.39 is 11.9 Å². The predicted octanol–water partition coefficient (Wildman–Crippen LogP) is 6.76. The summed E-state index contributed by atoms with van der Waals surface area (Å²) in [6.45, 7) is 3.68. The quantitative estimate of drug-likeness (QED) is 0.448. The molecule has 0 N–H and O–H groups in total. The zero-order valence-electron chi connectivity index (χ0n) is 14.8. The number of halogens is 5. The second kappa shape index (κ2) is 8.01. The first kappa shape index (κ1) is 20.5. The van der Waals surface area contributed by atoms with E-state index in [2.05, 4.69) is 10.1 Å². The number of ether oxygens (including phenoxy) is 1. The maximum Gasteiger partial charge on any atom is 0.433 e. The molecule has 0 bridgehead atoms. The lowest BCUT2D eigenvalue weighted by Crippen LogP contribution is -2.09. The van der Waals surface area contributed by atoms with Gasteiger partial charge in [-0.05, 0) is 18.2 Å². The highest BCUT2D eigenvalue weighted by atomic mass is 35.5. The van der Waals surface area contributed by atoms with Crippen molar-refractivity contribution in [1.82, 2.24) is 10.1 Å². The van der Waals surface area contributed by atoms with E-state index in [1.165, 1.54) is 12.1 Å². The van der Waals surface area contributed by atoms with Crippen LogP contribution in [0.4, 0.5) is 13.2 Å². The fraction of sp³-hybridized carbons (Fsp3) is 0.263. The maximum absolute atomic E-state index is 12.9. The lowest BCUT2D eigenvalue weighted by atomic mass is 10.0. The number of rotatable bonds is 5. The molecule has 2 aromatic heterocycles. The van der Waals surface area contributed by atoms with Crippen molar-refractivity contribution >= 4 is 23.2 Å². The first-order valence-electron chi connectivity index (χ1n) is 8.28. The average molecular weight is 431 g/mol. The average Bonchev–Trinajstić information content (AvgIpc) is 3.03. The lowest BCUT2D eigenvalue weighted by molar-refractivity contribution is -0.141. The van der Waals surface area contributed by atoms with Gasteiger partial charge in [-0.25, -0.2) is 4.98 Å². The van der Waals surface area contributed by atoms with E-state index >= 15 is 0 Å².